The van der Waals surface area contributed by atoms with Gasteiger partial charge in [-0.3, -0.25) is 4.90 Å². The largest absolute Gasteiger partial charge is 0.478 e. The molecule has 1 aromatic rings. The lowest BCUT2D eigenvalue weighted by Crippen LogP contribution is -2.49. The molecular weight excluding hydrogens is 254 g/mol. The highest BCUT2D eigenvalue weighted by Gasteiger charge is 2.37. The molecule has 1 heterocycles. The van der Waals surface area contributed by atoms with Crippen LogP contribution in [0.1, 0.15) is 47.4 Å². The number of hydrogen-bond donors (Lipinski definition) is 1. The maximum absolute atomic E-state index is 11.2. The van der Waals surface area contributed by atoms with E-state index in [-0.39, 0.29) is 6.10 Å². The van der Waals surface area contributed by atoms with Gasteiger partial charge in [0, 0.05) is 12.6 Å². The molecule has 20 heavy (non-hydrogen) atoms. The summed E-state index contributed by atoms with van der Waals surface area (Å²) in [6.07, 6.45) is 3.30. The van der Waals surface area contributed by atoms with Gasteiger partial charge in [-0.2, -0.15) is 0 Å². The molecule has 0 amide bonds. The van der Waals surface area contributed by atoms with Crippen molar-refractivity contribution in [1.82, 2.24) is 4.90 Å². The van der Waals surface area contributed by atoms with Gasteiger partial charge in [0.1, 0.15) is 0 Å². The summed E-state index contributed by atoms with van der Waals surface area (Å²) >= 11 is 0. The van der Waals surface area contributed by atoms with Gasteiger partial charge in [0.2, 0.25) is 0 Å². The summed E-state index contributed by atoms with van der Waals surface area (Å²) in [5.74, 6) is -0.865. The summed E-state index contributed by atoms with van der Waals surface area (Å²) < 4.78 is 5.99. The molecule has 0 saturated carbocycles. The zero-order valence-electron chi connectivity index (χ0n) is 11.8. The first-order valence-electron chi connectivity index (χ1n) is 7.42. The van der Waals surface area contributed by atoms with Crippen LogP contribution < -0.4 is 0 Å². The first kappa shape index (κ1) is 13.6. The Kier molecular flexibility index (Phi) is 3.76. The zero-order valence-corrected chi connectivity index (χ0v) is 11.8. The highest BCUT2D eigenvalue weighted by atomic mass is 16.5. The Morgan fingerprint density at radius 2 is 2.35 bits per heavy atom. The summed E-state index contributed by atoms with van der Waals surface area (Å²) in [6.45, 7) is 5.02. The molecule has 4 nitrogen and oxygen atoms in total. The van der Waals surface area contributed by atoms with Crippen molar-refractivity contribution in [3.63, 3.8) is 0 Å². The maximum atomic E-state index is 11.2. The van der Waals surface area contributed by atoms with Crippen LogP contribution in [0.2, 0.25) is 0 Å². The molecule has 1 aliphatic carbocycles. The minimum Gasteiger partial charge on any atom is -0.478 e. The quantitative estimate of drug-likeness (QED) is 0.920. The SMILES string of the molecule is CCCN1CCOC2c3cc(C(=O)O)ccc3CCC21. The van der Waals surface area contributed by atoms with E-state index in [4.69, 9.17) is 9.84 Å². The fraction of sp³-hybridized carbons (Fsp3) is 0.562. The second-order valence-corrected chi connectivity index (χ2v) is 5.65. The van der Waals surface area contributed by atoms with Crippen molar-refractivity contribution >= 4 is 5.97 Å². The van der Waals surface area contributed by atoms with Crippen LogP contribution >= 0.6 is 0 Å². The summed E-state index contributed by atoms with van der Waals surface area (Å²) in [5, 5.41) is 9.17. The molecule has 1 aliphatic heterocycles. The lowest BCUT2D eigenvalue weighted by atomic mass is 9.83. The number of carbonyl (C=O) groups is 1. The van der Waals surface area contributed by atoms with E-state index in [9.17, 15) is 4.79 Å². The van der Waals surface area contributed by atoms with Crippen LogP contribution in [-0.2, 0) is 11.2 Å². The number of morpholine rings is 1. The minimum absolute atomic E-state index is 0.0401. The van der Waals surface area contributed by atoms with Crippen LogP contribution in [0.15, 0.2) is 18.2 Å². The van der Waals surface area contributed by atoms with Crippen LogP contribution in [0.4, 0.5) is 0 Å². The molecule has 2 aliphatic rings. The Bertz CT molecular complexity index is 512. The predicted octanol–water partition coefficient (Wildman–Crippen LogP) is 2.48. The average molecular weight is 275 g/mol. The van der Waals surface area contributed by atoms with E-state index in [1.807, 2.05) is 12.1 Å². The molecule has 0 spiro atoms. The molecule has 0 bridgehead atoms. The van der Waals surface area contributed by atoms with Crippen LogP contribution in [0.25, 0.3) is 0 Å². The van der Waals surface area contributed by atoms with Gasteiger partial charge in [0.05, 0.1) is 18.3 Å². The molecule has 0 radical (unpaired) electrons. The van der Waals surface area contributed by atoms with Gasteiger partial charge in [-0.25, -0.2) is 4.79 Å². The molecule has 2 atom stereocenters. The third-order valence-electron chi connectivity index (χ3n) is 4.41. The number of carboxylic acids is 1. The average Bonchev–Trinajstić information content (AvgIpc) is 2.47. The van der Waals surface area contributed by atoms with Crippen molar-refractivity contribution in [2.75, 3.05) is 19.7 Å². The van der Waals surface area contributed by atoms with E-state index in [1.165, 1.54) is 5.56 Å². The van der Waals surface area contributed by atoms with Crippen LogP contribution in [0.5, 0.6) is 0 Å². The van der Waals surface area contributed by atoms with Gasteiger partial charge in [0.25, 0.3) is 0 Å². The first-order valence-corrected chi connectivity index (χ1v) is 7.42. The standard InChI is InChI=1S/C16H21NO3/c1-2-7-17-8-9-20-15-13-10-12(16(18)19)4-3-11(13)5-6-14(15)17/h3-4,10,14-15H,2,5-9H2,1H3,(H,18,19). The summed E-state index contributed by atoms with van der Waals surface area (Å²) in [7, 11) is 0. The van der Waals surface area contributed by atoms with Gasteiger partial charge in [-0.05, 0) is 49.1 Å². The monoisotopic (exact) mass is 275 g/mol. The number of hydrogen-bond acceptors (Lipinski definition) is 3. The number of rotatable bonds is 3. The fourth-order valence-electron chi connectivity index (χ4n) is 3.49. The van der Waals surface area contributed by atoms with E-state index in [0.717, 1.165) is 44.5 Å². The molecule has 2 unspecified atom stereocenters. The van der Waals surface area contributed by atoms with Gasteiger partial charge < -0.3 is 9.84 Å². The third kappa shape index (κ3) is 2.34. The van der Waals surface area contributed by atoms with Crippen molar-refractivity contribution in [2.45, 2.75) is 38.3 Å². The molecule has 1 aromatic carbocycles. The van der Waals surface area contributed by atoms with Crippen molar-refractivity contribution in [3.8, 4) is 0 Å². The highest BCUT2D eigenvalue weighted by molar-refractivity contribution is 5.88. The maximum Gasteiger partial charge on any atom is 0.335 e. The highest BCUT2D eigenvalue weighted by Crippen LogP contribution is 2.38. The number of nitrogens with zero attached hydrogens (tertiary/aromatic N) is 1. The Morgan fingerprint density at radius 1 is 1.50 bits per heavy atom. The Balaban J connectivity index is 1.93. The van der Waals surface area contributed by atoms with Gasteiger partial charge >= 0.3 is 5.97 Å². The second-order valence-electron chi connectivity index (χ2n) is 5.65. The molecular formula is C16H21NO3. The van der Waals surface area contributed by atoms with Crippen molar-refractivity contribution < 1.29 is 14.6 Å². The van der Waals surface area contributed by atoms with Crippen LogP contribution in [0.3, 0.4) is 0 Å². The van der Waals surface area contributed by atoms with E-state index < -0.39 is 5.97 Å². The van der Waals surface area contributed by atoms with E-state index >= 15 is 0 Å². The van der Waals surface area contributed by atoms with Crippen molar-refractivity contribution in [2.24, 2.45) is 0 Å². The zero-order chi connectivity index (χ0) is 14.1. The molecule has 1 N–H and O–H groups in total. The minimum atomic E-state index is -0.865. The van der Waals surface area contributed by atoms with Crippen molar-refractivity contribution in [1.29, 1.82) is 0 Å². The summed E-state index contributed by atoms with van der Waals surface area (Å²) in [4.78, 5) is 13.7. The molecule has 1 saturated heterocycles. The molecule has 1 fully saturated rings. The molecule has 108 valence electrons. The third-order valence-corrected chi connectivity index (χ3v) is 4.41. The number of fused-ring (bicyclic) bond motifs is 3. The molecule has 3 rings (SSSR count). The number of benzene rings is 1. The van der Waals surface area contributed by atoms with Gasteiger partial charge in [-0.15, -0.1) is 0 Å². The normalized spacial score (nSPS) is 25.9. The number of carboxylic acid groups (broad SMARTS) is 1. The molecule has 4 heteroatoms. The van der Waals surface area contributed by atoms with Crippen LogP contribution in [0, 0.1) is 0 Å². The first-order chi connectivity index (χ1) is 9.70. The van der Waals surface area contributed by atoms with Crippen molar-refractivity contribution in [3.05, 3.63) is 34.9 Å². The topological polar surface area (TPSA) is 49.8 Å². The van der Waals surface area contributed by atoms with E-state index in [2.05, 4.69) is 11.8 Å². The second kappa shape index (κ2) is 5.54. The van der Waals surface area contributed by atoms with Crippen LogP contribution in [-0.4, -0.2) is 41.7 Å². The number of aromatic carboxylic acids is 1. The Hall–Kier alpha value is -1.39. The Morgan fingerprint density at radius 3 is 3.10 bits per heavy atom. The van der Waals surface area contributed by atoms with Gasteiger partial charge in [0.15, 0.2) is 0 Å². The number of ether oxygens (including phenoxy) is 1. The smallest absolute Gasteiger partial charge is 0.335 e. The fourth-order valence-corrected chi connectivity index (χ4v) is 3.49. The lowest BCUT2D eigenvalue weighted by Gasteiger charge is -2.44. The van der Waals surface area contributed by atoms with Gasteiger partial charge in [-0.1, -0.05) is 13.0 Å². The summed E-state index contributed by atoms with van der Waals surface area (Å²) in [6, 6.07) is 5.87. The predicted molar refractivity (Wildman–Crippen MR) is 76.1 cm³/mol. The molecule has 0 aromatic heterocycles. The lowest BCUT2D eigenvalue weighted by molar-refractivity contribution is -0.0801. The van der Waals surface area contributed by atoms with E-state index in [0.29, 0.717) is 11.6 Å². The van der Waals surface area contributed by atoms with E-state index in [1.54, 1.807) is 6.07 Å². The number of aryl methyl sites for hydroxylation is 1. The summed E-state index contributed by atoms with van der Waals surface area (Å²) in [5.41, 5.74) is 2.69. The Labute approximate surface area is 119 Å².